The Labute approximate surface area is 185 Å². The van der Waals surface area contributed by atoms with E-state index in [1.807, 2.05) is 0 Å². The molecule has 0 unspecified atom stereocenters. The Morgan fingerprint density at radius 3 is 2.69 bits per heavy atom. The molecular weight excluding hydrogens is 459 g/mol. The molecule has 0 spiro atoms. The van der Waals surface area contributed by atoms with E-state index in [0.29, 0.717) is 16.3 Å². The minimum Gasteiger partial charge on any atom is -0.500 e. The van der Waals surface area contributed by atoms with Crippen LogP contribution in [0.25, 0.3) is 6.08 Å². The standard InChI is InChI=1S/C18H12Cl2N2O5S2/c1-2-27-14-6-9(5-13(16(14)23)22(25)26)7-15-17(24)21(18(28)29-15)12-4-3-10(19)8-11(12)20/h3-8,23H,2H2,1H3/b15-7+. The number of thioether (sulfide) groups is 1. The molecule has 0 aromatic heterocycles. The van der Waals surface area contributed by atoms with Crippen LogP contribution in [0.3, 0.4) is 0 Å². The number of thiocarbonyl (C=S) groups is 1. The van der Waals surface area contributed by atoms with E-state index >= 15 is 0 Å². The number of carbonyl (C=O) groups is 1. The van der Waals surface area contributed by atoms with Gasteiger partial charge in [0, 0.05) is 11.1 Å². The van der Waals surface area contributed by atoms with Gasteiger partial charge >= 0.3 is 5.69 Å². The van der Waals surface area contributed by atoms with Gasteiger partial charge in [-0.3, -0.25) is 19.8 Å². The Morgan fingerprint density at radius 2 is 2.07 bits per heavy atom. The molecule has 7 nitrogen and oxygen atoms in total. The summed E-state index contributed by atoms with van der Waals surface area (Å²) in [7, 11) is 0. The molecule has 0 bridgehead atoms. The zero-order chi connectivity index (χ0) is 21.3. The first-order valence-corrected chi connectivity index (χ1v) is 10.1. The maximum Gasteiger partial charge on any atom is 0.315 e. The van der Waals surface area contributed by atoms with Crippen molar-refractivity contribution in [1.82, 2.24) is 0 Å². The fraction of sp³-hybridized carbons (Fsp3) is 0.111. The fourth-order valence-electron chi connectivity index (χ4n) is 2.59. The number of anilines is 1. The van der Waals surface area contributed by atoms with Crippen molar-refractivity contribution in [2.24, 2.45) is 0 Å². The molecule has 0 aliphatic carbocycles. The average Bonchev–Trinajstić information content (AvgIpc) is 2.91. The molecule has 1 N–H and O–H groups in total. The number of hydrogen-bond donors (Lipinski definition) is 1. The summed E-state index contributed by atoms with van der Waals surface area (Å²) in [6.07, 6.45) is 1.44. The van der Waals surface area contributed by atoms with Gasteiger partial charge < -0.3 is 9.84 Å². The van der Waals surface area contributed by atoms with Gasteiger partial charge in [0.05, 0.1) is 27.1 Å². The number of nitro groups is 1. The van der Waals surface area contributed by atoms with E-state index in [9.17, 15) is 20.0 Å². The highest BCUT2D eigenvalue weighted by Gasteiger charge is 2.34. The molecule has 1 aliphatic rings. The van der Waals surface area contributed by atoms with Crippen LogP contribution < -0.4 is 9.64 Å². The lowest BCUT2D eigenvalue weighted by Crippen LogP contribution is -2.27. The maximum atomic E-state index is 12.9. The zero-order valence-electron chi connectivity index (χ0n) is 14.7. The Hall–Kier alpha value is -2.33. The Balaban J connectivity index is 2.02. The molecule has 1 amide bonds. The number of benzene rings is 2. The summed E-state index contributed by atoms with van der Waals surface area (Å²) in [5.41, 5.74) is 0.160. The molecule has 1 fully saturated rings. The predicted octanol–water partition coefficient (Wildman–Crippen LogP) is 5.41. The highest BCUT2D eigenvalue weighted by atomic mass is 35.5. The lowest BCUT2D eigenvalue weighted by atomic mass is 10.1. The molecule has 150 valence electrons. The van der Waals surface area contributed by atoms with Gasteiger partial charge in [-0.2, -0.15) is 0 Å². The second-order valence-corrected chi connectivity index (χ2v) is 8.21. The first-order valence-electron chi connectivity index (χ1n) is 8.10. The van der Waals surface area contributed by atoms with E-state index in [0.717, 1.165) is 17.8 Å². The number of nitrogens with zero attached hydrogens (tertiary/aromatic N) is 2. The number of rotatable bonds is 5. The molecule has 2 aromatic carbocycles. The largest absolute Gasteiger partial charge is 0.500 e. The lowest BCUT2D eigenvalue weighted by molar-refractivity contribution is -0.386. The van der Waals surface area contributed by atoms with Crippen molar-refractivity contribution in [3.8, 4) is 11.5 Å². The van der Waals surface area contributed by atoms with Crippen molar-refractivity contribution in [3.63, 3.8) is 0 Å². The number of phenols is 1. The highest BCUT2D eigenvalue weighted by Crippen LogP contribution is 2.42. The average molecular weight is 471 g/mol. The topological polar surface area (TPSA) is 92.9 Å². The van der Waals surface area contributed by atoms with Crippen LogP contribution in [0.1, 0.15) is 12.5 Å². The third kappa shape index (κ3) is 4.32. The Morgan fingerprint density at radius 1 is 1.34 bits per heavy atom. The molecule has 3 rings (SSSR count). The minimum atomic E-state index is -0.728. The molecule has 0 radical (unpaired) electrons. The van der Waals surface area contributed by atoms with E-state index in [4.69, 9.17) is 40.2 Å². The summed E-state index contributed by atoms with van der Waals surface area (Å²) in [5, 5.41) is 21.9. The molecule has 0 atom stereocenters. The van der Waals surface area contributed by atoms with E-state index in [1.54, 1.807) is 19.1 Å². The van der Waals surface area contributed by atoms with Crippen LogP contribution in [0.5, 0.6) is 11.5 Å². The van der Waals surface area contributed by atoms with Gasteiger partial charge in [0.25, 0.3) is 5.91 Å². The highest BCUT2D eigenvalue weighted by molar-refractivity contribution is 8.27. The van der Waals surface area contributed by atoms with E-state index in [1.165, 1.54) is 23.1 Å². The van der Waals surface area contributed by atoms with Crippen molar-refractivity contribution in [2.45, 2.75) is 6.92 Å². The second kappa shape index (κ2) is 8.58. The van der Waals surface area contributed by atoms with E-state index < -0.39 is 22.3 Å². The Bertz CT molecular complexity index is 1070. The number of carbonyl (C=O) groups excluding carboxylic acids is 1. The van der Waals surface area contributed by atoms with Crippen molar-refractivity contribution in [1.29, 1.82) is 0 Å². The van der Waals surface area contributed by atoms with Gasteiger partial charge in [0.2, 0.25) is 5.75 Å². The predicted molar refractivity (Wildman–Crippen MR) is 118 cm³/mol. The Kier molecular flexibility index (Phi) is 6.33. The second-order valence-electron chi connectivity index (χ2n) is 5.69. The van der Waals surface area contributed by atoms with Crippen LogP contribution in [-0.4, -0.2) is 26.9 Å². The number of halogens is 2. The number of amides is 1. The van der Waals surface area contributed by atoms with E-state index in [-0.39, 0.29) is 26.6 Å². The van der Waals surface area contributed by atoms with Gasteiger partial charge in [0.1, 0.15) is 0 Å². The molecular formula is C18H12Cl2N2O5S2. The molecule has 0 saturated carbocycles. The zero-order valence-corrected chi connectivity index (χ0v) is 17.9. The van der Waals surface area contributed by atoms with Gasteiger partial charge in [-0.25, -0.2) is 0 Å². The van der Waals surface area contributed by atoms with Crippen LogP contribution in [-0.2, 0) is 4.79 Å². The first kappa shape index (κ1) is 21.4. The summed E-state index contributed by atoms with van der Waals surface area (Å²) >= 11 is 18.4. The van der Waals surface area contributed by atoms with Crippen LogP contribution in [0, 0.1) is 10.1 Å². The van der Waals surface area contributed by atoms with Crippen LogP contribution in [0.15, 0.2) is 35.2 Å². The molecule has 11 heteroatoms. The van der Waals surface area contributed by atoms with Crippen LogP contribution in [0.2, 0.25) is 10.0 Å². The molecule has 29 heavy (non-hydrogen) atoms. The van der Waals surface area contributed by atoms with Crippen molar-refractivity contribution in [3.05, 3.63) is 61.0 Å². The number of phenolic OH excluding ortho intramolecular Hbond substituents is 1. The van der Waals surface area contributed by atoms with Gasteiger partial charge in [-0.05, 0) is 42.8 Å². The summed E-state index contributed by atoms with van der Waals surface area (Å²) in [6.45, 7) is 1.88. The summed E-state index contributed by atoms with van der Waals surface area (Å²) < 4.78 is 5.51. The third-order valence-electron chi connectivity index (χ3n) is 3.82. The minimum absolute atomic E-state index is 0.0517. The molecule has 1 aliphatic heterocycles. The fourth-order valence-corrected chi connectivity index (χ4v) is 4.37. The van der Waals surface area contributed by atoms with Gasteiger partial charge in [0.15, 0.2) is 10.1 Å². The lowest BCUT2D eigenvalue weighted by Gasteiger charge is -2.16. The van der Waals surface area contributed by atoms with Crippen molar-refractivity contribution >= 4 is 74.9 Å². The SMILES string of the molecule is CCOc1cc(/C=C2/SC(=S)N(c3ccc(Cl)cc3Cl)C2=O)cc([N+](=O)[O-])c1O. The van der Waals surface area contributed by atoms with Gasteiger partial charge in [-0.15, -0.1) is 0 Å². The normalized spacial score (nSPS) is 15.3. The molecule has 1 heterocycles. The smallest absolute Gasteiger partial charge is 0.315 e. The summed E-state index contributed by atoms with van der Waals surface area (Å²) in [4.78, 5) is 24.9. The quantitative estimate of drug-likeness (QED) is 0.270. The molecule has 1 saturated heterocycles. The maximum absolute atomic E-state index is 12.9. The molecule has 2 aromatic rings. The van der Waals surface area contributed by atoms with Crippen LogP contribution >= 0.6 is 47.2 Å². The number of hydrogen-bond acceptors (Lipinski definition) is 7. The number of aromatic hydroxyl groups is 1. The van der Waals surface area contributed by atoms with Crippen LogP contribution in [0.4, 0.5) is 11.4 Å². The first-order chi connectivity index (χ1) is 13.7. The van der Waals surface area contributed by atoms with Crippen molar-refractivity contribution < 1.29 is 19.6 Å². The summed E-state index contributed by atoms with van der Waals surface area (Å²) in [5.74, 6) is -1.06. The summed E-state index contributed by atoms with van der Waals surface area (Å²) in [6, 6.07) is 7.23. The monoisotopic (exact) mass is 470 g/mol. The third-order valence-corrected chi connectivity index (χ3v) is 5.66. The van der Waals surface area contributed by atoms with Crippen molar-refractivity contribution in [2.75, 3.05) is 11.5 Å². The van der Waals surface area contributed by atoms with E-state index in [2.05, 4.69) is 0 Å². The number of ether oxygens (including phenoxy) is 1. The van der Waals surface area contributed by atoms with Gasteiger partial charge in [-0.1, -0.05) is 47.2 Å². The number of nitro benzene ring substituents is 1.